The van der Waals surface area contributed by atoms with Crippen molar-refractivity contribution in [3.63, 3.8) is 0 Å². The topological polar surface area (TPSA) is 12.0 Å². The molecular weight excluding hydrogens is 238 g/mol. The Bertz CT molecular complexity index is 310. The molecule has 0 aliphatic carbocycles. The van der Waals surface area contributed by atoms with E-state index in [0.717, 1.165) is 6.54 Å². The quantitative estimate of drug-likeness (QED) is 0.593. The molecule has 0 radical (unpaired) electrons. The lowest BCUT2D eigenvalue weighted by Gasteiger charge is -2.17. The Morgan fingerprint density at radius 1 is 1.11 bits per heavy atom. The van der Waals surface area contributed by atoms with Crippen LogP contribution in [0.4, 0.5) is 0 Å². The normalized spacial score (nSPS) is 12.9. The van der Waals surface area contributed by atoms with Gasteiger partial charge >= 0.3 is 0 Å². The van der Waals surface area contributed by atoms with E-state index < -0.39 is 0 Å². The van der Waals surface area contributed by atoms with Crippen molar-refractivity contribution >= 4 is 11.3 Å². The fourth-order valence-corrected chi connectivity index (χ4v) is 3.36. The van der Waals surface area contributed by atoms with Crippen molar-refractivity contribution in [3.8, 4) is 0 Å². The maximum atomic E-state index is 3.71. The summed E-state index contributed by atoms with van der Waals surface area (Å²) < 4.78 is 0. The van der Waals surface area contributed by atoms with E-state index in [1.165, 1.54) is 53.8 Å². The monoisotopic (exact) mass is 267 g/mol. The summed E-state index contributed by atoms with van der Waals surface area (Å²) in [7, 11) is 0. The van der Waals surface area contributed by atoms with Gasteiger partial charge in [-0.3, -0.25) is 0 Å². The van der Waals surface area contributed by atoms with E-state index in [4.69, 9.17) is 0 Å². The van der Waals surface area contributed by atoms with Crippen LogP contribution < -0.4 is 5.32 Å². The maximum Gasteiger partial charge on any atom is 0.0414 e. The highest BCUT2D eigenvalue weighted by Crippen LogP contribution is 2.29. The van der Waals surface area contributed by atoms with E-state index in [1.54, 1.807) is 0 Å². The first-order chi connectivity index (χ1) is 8.69. The molecule has 1 nitrogen and oxygen atoms in total. The van der Waals surface area contributed by atoms with Gasteiger partial charge in [0.15, 0.2) is 0 Å². The third-order valence-electron chi connectivity index (χ3n) is 3.52. The number of rotatable bonds is 9. The molecule has 0 saturated carbocycles. The molecule has 1 heterocycles. The summed E-state index contributed by atoms with van der Waals surface area (Å²) >= 11 is 1.97. The highest BCUT2D eigenvalue weighted by atomic mass is 32.1. The molecule has 104 valence electrons. The third kappa shape index (κ3) is 5.11. The summed E-state index contributed by atoms with van der Waals surface area (Å²) in [4.78, 5) is 3.01. The molecule has 1 N–H and O–H groups in total. The minimum atomic E-state index is 0.583. The number of thiophene rings is 1. The van der Waals surface area contributed by atoms with Crippen molar-refractivity contribution in [2.24, 2.45) is 0 Å². The standard InChI is InChI=1S/C16H29NS/c1-5-7-8-9-10-15(17-11-6-2)16-12-13(3)14(4)18-16/h12,15,17H,5-11H2,1-4H3. The van der Waals surface area contributed by atoms with Crippen LogP contribution in [0, 0.1) is 13.8 Å². The largest absolute Gasteiger partial charge is 0.309 e. The molecule has 1 atom stereocenters. The van der Waals surface area contributed by atoms with Gasteiger partial charge in [0.2, 0.25) is 0 Å². The number of hydrogen-bond donors (Lipinski definition) is 1. The molecule has 0 aliphatic rings. The predicted molar refractivity (Wildman–Crippen MR) is 83.6 cm³/mol. The second kappa shape index (κ2) is 8.71. The lowest BCUT2D eigenvalue weighted by Crippen LogP contribution is -2.21. The molecule has 0 aromatic carbocycles. The van der Waals surface area contributed by atoms with Crippen molar-refractivity contribution in [2.45, 2.75) is 72.3 Å². The Labute approximate surface area is 117 Å². The number of unbranched alkanes of at least 4 members (excludes halogenated alkanes) is 3. The Morgan fingerprint density at radius 2 is 1.89 bits per heavy atom. The van der Waals surface area contributed by atoms with Gasteiger partial charge in [-0.2, -0.15) is 0 Å². The highest BCUT2D eigenvalue weighted by molar-refractivity contribution is 7.12. The highest BCUT2D eigenvalue weighted by Gasteiger charge is 2.13. The molecule has 2 heteroatoms. The molecule has 0 aliphatic heterocycles. The van der Waals surface area contributed by atoms with Crippen LogP contribution in [0.5, 0.6) is 0 Å². The van der Waals surface area contributed by atoms with Crippen molar-refractivity contribution in [1.82, 2.24) is 5.32 Å². The zero-order chi connectivity index (χ0) is 13.4. The van der Waals surface area contributed by atoms with E-state index in [9.17, 15) is 0 Å². The summed E-state index contributed by atoms with van der Waals surface area (Å²) in [6.07, 6.45) is 7.94. The maximum absolute atomic E-state index is 3.71. The van der Waals surface area contributed by atoms with Gasteiger partial charge < -0.3 is 5.32 Å². The molecular formula is C16H29NS. The van der Waals surface area contributed by atoms with Gasteiger partial charge in [0.1, 0.15) is 0 Å². The molecule has 1 aromatic heterocycles. The van der Waals surface area contributed by atoms with Gasteiger partial charge in [-0.25, -0.2) is 0 Å². The SMILES string of the molecule is CCCCCCC(NCCC)c1cc(C)c(C)s1. The summed E-state index contributed by atoms with van der Waals surface area (Å²) in [5.41, 5.74) is 1.45. The lowest BCUT2D eigenvalue weighted by molar-refractivity contribution is 0.476. The first-order valence-electron chi connectivity index (χ1n) is 7.49. The molecule has 0 saturated heterocycles. The van der Waals surface area contributed by atoms with Gasteiger partial charge in [0.25, 0.3) is 0 Å². The van der Waals surface area contributed by atoms with Gasteiger partial charge in [-0.1, -0.05) is 39.5 Å². The minimum Gasteiger partial charge on any atom is -0.309 e. The van der Waals surface area contributed by atoms with E-state index in [-0.39, 0.29) is 0 Å². The van der Waals surface area contributed by atoms with Crippen molar-refractivity contribution in [1.29, 1.82) is 0 Å². The zero-order valence-electron chi connectivity index (χ0n) is 12.5. The Balaban J connectivity index is 2.54. The number of hydrogen-bond acceptors (Lipinski definition) is 2. The Kier molecular flexibility index (Phi) is 7.60. The first kappa shape index (κ1) is 15.7. The molecule has 1 unspecified atom stereocenters. The fraction of sp³-hybridized carbons (Fsp3) is 0.750. The van der Waals surface area contributed by atoms with Crippen molar-refractivity contribution < 1.29 is 0 Å². The van der Waals surface area contributed by atoms with E-state index in [1.807, 2.05) is 11.3 Å². The first-order valence-corrected chi connectivity index (χ1v) is 8.31. The van der Waals surface area contributed by atoms with Crippen LogP contribution in [0.1, 0.15) is 73.7 Å². The lowest BCUT2D eigenvalue weighted by atomic mass is 10.1. The molecule has 1 rings (SSSR count). The van der Waals surface area contributed by atoms with Crippen LogP contribution in [0.2, 0.25) is 0 Å². The van der Waals surface area contributed by atoms with Crippen LogP contribution in [0.3, 0.4) is 0 Å². The smallest absolute Gasteiger partial charge is 0.0414 e. The molecule has 0 spiro atoms. The van der Waals surface area contributed by atoms with Crippen LogP contribution in [-0.4, -0.2) is 6.54 Å². The van der Waals surface area contributed by atoms with Crippen LogP contribution in [0.15, 0.2) is 6.07 Å². The van der Waals surface area contributed by atoms with Crippen LogP contribution in [0.25, 0.3) is 0 Å². The molecule has 0 amide bonds. The average Bonchev–Trinajstić information content (AvgIpc) is 2.68. The number of nitrogens with one attached hydrogen (secondary N) is 1. The van der Waals surface area contributed by atoms with E-state index in [2.05, 4.69) is 39.1 Å². The van der Waals surface area contributed by atoms with Crippen molar-refractivity contribution in [3.05, 3.63) is 21.4 Å². The predicted octanol–water partition coefficient (Wildman–Crippen LogP) is 5.38. The Hall–Kier alpha value is -0.340. The third-order valence-corrected chi connectivity index (χ3v) is 4.78. The van der Waals surface area contributed by atoms with E-state index >= 15 is 0 Å². The van der Waals surface area contributed by atoms with Gasteiger partial charge in [-0.05, 0) is 44.9 Å². The molecule has 0 bridgehead atoms. The Morgan fingerprint density at radius 3 is 2.44 bits per heavy atom. The molecule has 1 aromatic rings. The average molecular weight is 267 g/mol. The van der Waals surface area contributed by atoms with E-state index in [0.29, 0.717) is 6.04 Å². The summed E-state index contributed by atoms with van der Waals surface area (Å²) in [6, 6.07) is 2.96. The van der Waals surface area contributed by atoms with Gasteiger partial charge in [0.05, 0.1) is 0 Å². The van der Waals surface area contributed by atoms with Gasteiger partial charge in [0, 0.05) is 15.8 Å². The number of aryl methyl sites for hydroxylation is 2. The second-order valence-electron chi connectivity index (χ2n) is 5.24. The summed E-state index contributed by atoms with van der Waals surface area (Å²) in [5.74, 6) is 0. The summed E-state index contributed by atoms with van der Waals surface area (Å²) in [5, 5.41) is 3.71. The summed E-state index contributed by atoms with van der Waals surface area (Å²) in [6.45, 7) is 10.1. The van der Waals surface area contributed by atoms with Crippen molar-refractivity contribution in [2.75, 3.05) is 6.54 Å². The second-order valence-corrected chi connectivity index (χ2v) is 6.53. The van der Waals surface area contributed by atoms with Gasteiger partial charge in [-0.15, -0.1) is 11.3 Å². The van der Waals surface area contributed by atoms with Crippen LogP contribution >= 0.6 is 11.3 Å². The minimum absolute atomic E-state index is 0.583. The zero-order valence-corrected chi connectivity index (χ0v) is 13.3. The molecule has 18 heavy (non-hydrogen) atoms. The molecule has 0 fully saturated rings. The van der Waals surface area contributed by atoms with Crippen LogP contribution in [-0.2, 0) is 0 Å². The fourth-order valence-electron chi connectivity index (χ4n) is 2.21.